The number of nitrogens with two attached hydrogens (primary N) is 1. The molecule has 10 heteroatoms. The van der Waals surface area contributed by atoms with Crippen LogP contribution in [0.3, 0.4) is 0 Å². The maximum Gasteiger partial charge on any atom is 0.224 e. The number of ether oxygens (including phenoxy) is 1. The van der Waals surface area contributed by atoms with E-state index in [1.807, 2.05) is 6.92 Å². The summed E-state index contributed by atoms with van der Waals surface area (Å²) in [5.41, 5.74) is 7.64. The van der Waals surface area contributed by atoms with E-state index in [9.17, 15) is 15.3 Å². The molecule has 2 aromatic rings. The zero-order valence-corrected chi connectivity index (χ0v) is 13.8. The summed E-state index contributed by atoms with van der Waals surface area (Å²) in [5.74, 6) is 0.507. The highest BCUT2D eigenvalue weighted by atomic mass is 16.6. The predicted octanol–water partition coefficient (Wildman–Crippen LogP) is -0.602. The number of nitrogen functional groups attached to an aromatic ring is 1. The molecule has 4 unspecified atom stereocenters. The molecule has 1 aliphatic rings. The molecule has 136 valence electrons. The number of imidazole rings is 1. The number of nitrogens with zero attached hydrogens (tertiary/aromatic N) is 4. The van der Waals surface area contributed by atoms with Crippen LogP contribution in [-0.4, -0.2) is 66.3 Å². The lowest BCUT2D eigenvalue weighted by Crippen LogP contribution is -2.33. The molecule has 0 amide bonds. The summed E-state index contributed by atoms with van der Waals surface area (Å²) in [6, 6.07) is 0. The van der Waals surface area contributed by atoms with E-state index in [0.29, 0.717) is 23.5 Å². The van der Waals surface area contributed by atoms with Gasteiger partial charge in [0.2, 0.25) is 5.95 Å². The van der Waals surface area contributed by atoms with Crippen LogP contribution in [0.2, 0.25) is 0 Å². The van der Waals surface area contributed by atoms with E-state index in [-0.39, 0.29) is 5.95 Å². The quantitative estimate of drug-likeness (QED) is 0.430. The van der Waals surface area contributed by atoms with E-state index in [1.54, 1.807) is 0 Å². The molecule has 4 atom stereocenters. The predicted molar refractivity (Wildman–Crippen MR) is 90.7 cm³/mol. The van der Waals surface area contributed by atoms with Gasteiger partial charge in [0.05, 0.1) is 12.9 Å². The van der Waals surface area contributed by atoms with Crippen molar-refractivity contribution in [2.24, 2.45) is 0 Å². The van der Waals surface area contributed by atoms with E-state index in [2.05, 4.69) is 26.8 Å². The Hall–Kier alpha value is -2.27. The van der Waals surface area contributed by atoms with Crippen LogP contribution in [0.25, 0.3) is 11.2 Å². The number of rotatable bonds is 6. The highest BCUT2D eigenvalue weighted by Gasteiger charge is 2.44. The average molecular weight is 350 g/mol. The van der Waals surface area contributed by atoms with E-state index in [0.717, 1.165) is 12.0 Å². The first-order valence-electron chi connectivity index (χ1n) is 7.93. The molecule has 25 heavy (non-hydrogen) atoms. The molecule has 0 radical (unpaired) electrons. The summed E-state index contributed by atoms with van der Waals surface area (Å²) in [4.78, 5) is 12.6. The van der Waals surface area contributed by atoms with Gasteiger partial charge in [0.25, 0.3) is 0 Å². The number of anilines is 2. The molecule has 0 saturated carbocycles. The van der Waals surface area contributed by atoms with E-state index < -0.39 is 31.1 Å². The summed E-state index contributed by atoms with van der Waals surface area (Å²) in [5, 5.41) is 32.5. The van der Waals surface area contributed by atoms with Crippen LogP contribution < -0.4 is 11.1 Å². The SMILES string of the molecule is C=C(C)CCNc1nc(N)nc2c1ncn2C1OC(CO)C(O)C1O. The van der Waals surface area contributed by atoms with Crippen LogP contribution in [0.1, 0.15) is 19.6 Å². The van der Waals surface area contributed by atoms with Crippen molar-refractivity contribution in [1.29, 1.82) is 0 Å². The minimum absolute atomic E-state index is 0.0406. The molecule has 10 nitrogen and oxygen atoms in total. The van der Waals surface area contributed by atoms with E-state index in [4.69, 9.17) is 10.5 Å². The lowest BCUT2D eigenvalue weighted by Gasteiger charge is -2.16. The molecule has 0 bridgehead atoms. The minimum Gasteiger partial charge on any atom is -0.394 e. The lowest BCUT2D eigenvalue weighted by molar-refractivity contribution is -0.0511. The van der Waals surface area contributed by atoms with Crippen LogP contribution in [0, 0.1) is 0 Å². The van der Waals surface area contributed by atoms with Gasteiger partial charge < -0.3 is 31.1 Å². The lowest BCUT2D eigenvalue weighted by atomic mass is 10.1. The third-order valence-corrected chi connectivity index (χ3v) is 4.07. The fraction of sp³-hybridized carbons (Fsp3) is 0.533. The number of nitrogens with one attached hydrogen (secondary N) is 1. The summed E-state index contributed by atoms with van der Waals surface area (Å²) in [6.07, 6.45) is -2.06. The van der Waals surface area contributed by atoms with Gasteiger partial charge in [0.1, 0.15) is 18.3 Å². The molecular formula is C15H22N6O4. The molecule has 1 saturated heterocycles. The van der Waals surface area contributed by atoms with Crippen LogP contribution in [-0.2, 0) is 4.74 Å². The van der Waals surface area contributed by atoms with Gasteiger partial charge in [0, 0.05) is 6.54 Å². The van der Waals surface area contributed by atoms with Crippen LogP contribution in [0.4, 0.5) is 11.8 Å². The molecule has 2 aromatic heterocycles. The van der Waals surface area contributed by atoms with Crippen LogP contribution in [0.15, 0.2) is 18.5 Å². The van der Waals surface area contributed by atoms with Gasteiger partial charge in [-0.2, -0.15) is 9.97 Å². The van der Waals surface area contributed by atoms with Crippen molar-refractivity contribution in [1.82, 2.24) is 19.5 Å². The molecule has 1 aliphatic heterocycles. The number of aliphatic hydroxyl groups excluding tert-OH is 3. The van der Waals surface area contributed by atoms with Crippen LogP contribution in [0.5, 0.6) is 0 Å². The Bertz CT molecular complexity index is 779. The zero-order valence-electron chi connectivity index (χ0n) is 13.8. The Labute approximate surface area is 144 Å². The van der Waals surface area contributed by atoms with E-state index >= 15 is 0 Å². The third kappa shape index (κ3) is 3.29. The zero-order chi connectivity index (χ0) is 18.1. The summed E-state index contributed by atoms with van der Waals surface area (Å²) >= 11 is 0. The first-order chi connectivity index (χ1) is 11.9. The van der Waals surface area contributed by atoms with Crippen LogP contribution >= 0.6 is 0 Å². The van der Waals surface area contributed by atoms with Crippen molar-refractivity contribution in [2.75, 3.05) is 24.2 Å². The molecule has 1 fully saturated rings. The van der Waals surface area contributed by atoms with E-state index in [1.165, 1.54) is 10.9 Å². The molecular weight excluding hydrogens is 328 g/mol. The van der Waals surface area contributed by atoms with Crippen molar-refractivity contribution in [3.05, 3.63) is 18.5 Å². The number of hydrogen-bond acceptors (Lipinski definition) is 9. The Morgan fingerprint density at radius 3 is 2.80 bits per heavy atom. The summed E-state index contributed by atoms with van der Waals surface area (Å²) in [7, 11) is 0. The van der Waals surface area contributed by atoms with Gasteiger partial charge >= 0.3 is 0 Å². The summed E-state index contributed by atoms with van der Waals surface area (Å²) < 4.78 is 6.99. The van der Waals surface area contributed by atoms with Gasteiger partial charge in [-0.1, -0.05) is 5.57 Å². The topological polar surface area (TPSA) is 152 Å². The van der Waals surface area contributed by atoms with Crippen molar-refractivity contribution < 1.29 is 20.1 Å². The fourth-order valence-corrected chi connectivity index (χ4v) is 2.75. The third-order valence-electron chi connectivity index (χ3n) is 4.07. The molecule has 3 heterocycles. The van der Waals surface area contributed by atoms with Crippen molar-refractivity contribution in [3.63, 3.8) is 0 Å². The number of aromatic nitrogens is 4. The monoisotopic (exact) mass is 350 g/mol. The van der Waals surface area contributed by atoms with Gasteiger partial charge in [0.15, 0.2) is 23.2 Å². The molecule has 0 aliphatic carbocycles. The smallest absolute Gasteiger partial charge is 0.224 e. The summed E-state index contributed by atoms with van der Waals surface area (Å²) in [6.45, 7) is 5.98. The van der Waals surface area contributed by atoms with Gasteiger partial charge in [-0.25, -0.2) is 4.98 Å². The average Bonchev–Trinajstić information content (AvgIpc) is 3.09. The second kappa shape index (κ2) is 6.92. The number of fused-ring (bicyclic) bond motifs is 1. The first-order valence-corrected chi connectivity index (χ1v) is 7.93. The normalized spacial score (nSPS) is 26.2. The second-order valence-electron chi connectivity index (χ2n) is 6.12. The molecule has 6 N–H and O–H groups in total. The van der Waals surface area contributed by atoms with Crippen molar-refractivity contribution in [3.8, 4) is 0 Å². The fourth-order valence-electron chi connectivity index (χ4n) is 2.75. The first kappa shape index (κ1) is 17.5. The maximum absolute atomic E-state index is 10.2. The number of hydrogen-bond donors (Lipinski definition) is 5. The van der Waals surface area contributed by atoms with Gasteiger partial charge in [-0.3, -0.25) is 4.57 Å². The number of aliphatic hydroxyl groups is 3. The minimum atomic E-state index is -1.23. The Balaban J connectivity index is 1.93. The maximum atomic E-state index is 10.2. The molecule has 0 spiro atoms. The Morgan fingerprint density at radius 2 is 2.16 bits per heavy atom. The molecule has 0 aromatic carbocycles. The van der Waals surface area contributed by atoms with Gasteiger partial charge in [-0.15, -0.1) is 6.58 Å². The standard InChI is InChI=1S/C15H22N6O4/c1-7(2)3-4-17-12-9-13(20-15(16)19-12)21(6-18-9)14-11(24)10(23)8(5-22)25-14/h6,8,10-11,14,22-24H,1,3-5H2,2H3,(H3,16,17,19,20). The highest BCUT2D eigenvalue weighted by Crippen LogP contribution is 2.32. The second-order valence-corrected chi connectivity index (χ2v) is 6.12. The Morgan fingerprint density at radius 1 is 1.40 bits per heavy atom. The highest BCUT2D eigenvalue weighted by molar-refractivity contribution is 5.84. The Kier molecular flexibility index (Phi) is 4.86. The largest absolute Gasteiger partial charge is 0.394 e. The molecule has 3 rings (SSSR count). The van der Waals surface area contributed by atoms with Crippen molar-refractivity contribution in [2.45, 2.75) is 37.9 Å². The van der Waals surface area contributed by atoms with Crippen molar-refractivity contribution >= 4 is 22.9 Å². The van der Waals surface area contributed by atoms with Gasteiger partial charge in [-0.05, 0) is 13.3 Å².